The van der Waals surface area contributed by atoms with Crippen LogP contribution >= 0.6 is 0 Å². The number of Topliss-reactive ketones (excluding diaryl/α,β-unsaturated/α-hetero) is 1. The summed E-state index contributed by atoms with van der Waals surface area (Å²) in [5, 5.41) is 0. The first-order chi connectivity index (χ1) is 7.52. The summed E-state index contributed by atoms with van der Waals surface area (Å²) < 4.78 is 7.36. The molecule has 0 N–H and O–H groups in total. The predicted octanol–water partition coefficient (Wildman–Crippen LogP) is 1.96. The van der Waals surface area contributed by atoms with E-state index in [0.717, 1.165) is 5.90 Å². The summed E-state index contributed by atoms with van der Waals surface area (Å²) >= 11 is 0. The number of carbonyl (C=O) groups excluding carboxylic acids is 1. The summed E-state index contributed by atoms with van der Waals surface area (Å²) in [6.45, 7) is 3.61. The van der Waals surface area contributed by atoms with Crippen LogP contribution in [0.2, 0.25) is 0 Å². The van der Waals surface area contributed by atoms with Gasteiger partial charge in [0.1, 0.15) is 14.1 Å². The molecule has 0 fully saturated rings. The van der Waals surface area contributed by atoms with Crippen LogP contribution in [-0.2, 0) is 4.74 Å². The molecular formula is C13H18NO2+. The maximum atomic E-state index is 11.9. The van der Waals surface area contributed by atoms with E-state index in [1.807, 2.05) is 43.8 Å². The Kier molecular flexibility index (Phi) is 4.23. The molecule has 0 aliphatic carbocycles. The molecule has 0 aliphatic heterocycles. The molecule has 16 heavy (non-hydrogen) atoms. The van der Waals surface area contributed by atoms with Gasteiger partial charge in [0.15, 0.2) is 6.10 Å². The van der Waals surface area contributed by atoms with Crippen LogP contribution in [0.3, 0.4) is 0 Å². The quantitative estimate of drug-likeness (QED) is 0.337. The first-order valence-electron chi connectivity index (χ1n) is 5.29. The molecule has 0 spiro atoms. The average molecular weight is 220 g/mol. The van der Waals surface area contributed by atoms with Crippen LogP contribution in [0.25, 0.3) is 0 Å². The molecule has 1 atom stereocenters. The standard InChI is InChI=1S/C13H18NO2/c1-10(16-11(2)14(3)4)13(15)12-8-6-5-7-9-12/h5-10H,1-4H3/q+1. The second-order valence-corrected chi connectivity index (χ2v) is 3.90. The van der Waals surface area contributed by atoms with Gasteiger partial charge in [-0.1, -0.05) is 30.3 Å². The van der Waals surface area contributed by atoms with E-state index in [1.165, 1.54) is 0 Å². The maximum Gasteiger partial charge on any atom is 0.333 e. The molecule has 3 heteroatoms. The van der Waals surface area contributed by atoms with Crippen molar-refractivity contribution in [3.05, 3.63) is 35.9 Å². The summed E-state index contributed by atoms with van der Waals surface area (Å²) in [5.41, 5.74) is 0.682. The Labute approximate surface area is 96.4 Å². The summed E-state index contributed by atoms with van der Waals surface area (Å²) in [4.78, 5) is 11.9. The molecule has 0 bridgehead atoms. The maximum absolute atomic E-state index is 11.9. The minimum absolute atomic E-state index is 0.00167. The van der Waals surface area contributed by atoms with E-state index in [2.05, 4.69) is 0 Å². The van der Waals surface area contributed by atoms with Crippen molar-refractivity contribution in [3.63, 3.8) is 0 Å². The van der Waals surface area contributed by atoms with E-state index in [-0.39, 0.29) is 5.78 Å². The summed E-state index contributed by atoms with van der Waals surface area (Å²) in [6.07, 6.45) is -0.454. The summed E-state index contributed by atoms with van der Waals surface area (Å²) in [6, 6.07) is 9.19. The Bertz CT molecular complexity index is 392. The number of ether oxygens (including phenoxy) is 1. The van der Waals surface area contributed by atoms with Crippen molar-refractivity contribution in [3.8, 4) is 0 Å². The SMILES string of the molecule is CC(OC(C)C(=O)c1ccccc1)=[N+](C)C. The van der Waals surface area contributed by atoms with Crippen molar-refractivity contribution in [2.24, 2.45) is 0 Å². The van der Waals surface area contributed by atoms with E-state index in [0.29, 0.717) is 5.56 Å². The minimum Gasteiger partial charge on any atom is -0.437 e. The van der Waals surface area contributed by atoms with Gasteiger partial charge in [-0.2, -0.15) is 0 Å². The Morgan fingerprint density at radius 3 is 2.31 bits per heavy atom. The highest BCUT2D eigenvalue weighted by Gasteiger charge is 2.18. The second kappa shape index (κ2) is 5.45. The molecule has 3 nitrogen and oxygen atoms in total. The number of hydrogen-bond acceptors (Lipinski definition) is 2. The lowest BCUT2D eigenvalue weighted by Crippen LogP contribution is -2.26. The van der Waals surface area contributed by atoms with E-state index >= 15 is 0 Å². The van der Waals surface area contributed by atoms with Crippen molar-refractivity contribution in [2.45, 2.75) is 20.0 Å². The first-order valence-corrected chi connectivity index (χ1v) is 5.29. The normalized spacial score (nSPS) is 11.8. The molecule has 86 valence electrons. The molecule has 0 saturated carbocycles. The fraction of sp³-hybridized carbons (Fsp3) is 0.385. The Morgan fingerprint density at radius 1 is 1.25 bits per heavy atom. The third-order valence-electron chi connectivity index (χ3n) is 2.40. The van der Waals surface area contributed by atoms with Crippen LogP contribution < -0.4 is 0 Å². The molecule has 1 aromatic carbocycles. The topological polar surface area (TPSA) is 29.3 Å². The third-order valence-corrected chi connectivity index (χ3v) is 2.40. The Morgan fingerprint density at radius 2 is 1.81 bits per heavy atom. The highest BCUT2D eigenvalue weighted by atomic mass is 16.5. The average Bonchev–Trinajstić information content (AvgIpc) is 2.28. The van der Waals surface area contributed by atoms with Crippen LogP contribution in [0.4, 0.5) is 0 Å². The molecule has 1 unspecified atom stereocenters. The lowest BCUT2D eigenvalue weighted by molar-refractivity contribution is -0.475. The van der Waals surface area contributed by atoms with E-state index in [4.69, 9.17) is 4.74 Å². The number of nitrogens with zero attached hydrogens (tertiary/aromatic N) is 1. The lowest BCUT2D eigenvalue weighted by Gasteiger charge is -2.11. The van der Waals surface area contributed by atoms with Crippen molar-refractivity contribution >= 4 is 11.7 Å². The molecule has 0 radical (unpaired) electrons. The predicted molar refractivity (Wildman–Crippen MR) is 64.1 cm³/mol. The van der Waals surface area contributed by atoms with Crippen LogP contribution in [0.5, 0.6) is 0 Å². The van der Waals surface area contributed by atoms with Crippen LogP contribution in [0.15, 0.2) is 30.3 Å². The van der Waals surface area contributed by atoms with Gasteiger partial charge < -0.3 is 4.74 Å². The van der Waals surface area contributed by atoms with Gasteiger partial charge in [0.05, 0.1) is 6.92 Å². The number of hydrogen-bond donors (Lipinski definition) is 0. The number of rotatable bonds is 3. The zero-order valence-electron chi connectivity index (χ0n) is 10.2. The van der Waals surface area contributed by atoms with Crippen molar-refractivity contribution < 1.29 is 14.1 Å². The van der Waals surface area contributed by atoms with Gasteiger partial charge in [-0.15, -0.1) is 0 Å². The second-order valence-electron chi connectivity index (χ2n) is 3.90. The number of ketones is 1. The van der Waals surface area contributed by atoms with Gasteiger partial charge in [0, 0.05) is 5.56 Å². The molecule has 1 rings (SSSR count). The fourth-order valence-electron chi connectivity index (χ4n) is 1.25. The van der Waals surface area contributed by atoms with Gasteiger partial charge in [-0.25, -0.2) is 4.58 Å². The molecule has 0 aromatic heterocycles. The fourth-order valence-corrected chi connectivity index (χ4v) is 1.25. The highest BCUT2D eigenvalue weighted by Crippen LogP contribution is 2.06. The number of carbonyl (C=O) groups is 1. The van der Waals surface area contributed by atoms with E-state index < -0.39 is 6.10 Å². The first kappa shape index (κ1) is 12.4. The Hall–Kier alpha value is -1.64. The van der Waals surface area contributed by atoms with Gasteiger partial charge in [0.25, 0.3) is 0 Å². The van der Waals surface area contributed by atoms with Crippen molar-refractivity contribution in [2.75, 3.05) is 14.1 Å². The van der Waals surface area contributed by atoms with Crippen LogP contribution in [0.1, 0.15) is 24.2 Å². The van der Waals surface area contributed by atoms with E-state index in [1.54, 1.807) is 19.1 Å². The smallest absolute Gasteiger partial charge is 0.333 e. The monoisotopic (exact) mass is 220 g/mol. The molecule has 0 heterocycles. The van der Waals surface area contributed by atoms with Crippen LogP contribution in [0, 0.1) is 0 Å². The van der Waals surface area contributed by atoms with Gasteiger partial charge in [-0.3, -0.25) is 4.79 Å². The summed E-state index contributed by atoms with van der Waals surface area (Å²) in [5.74, 6) is 0.735. The third kappa shape index (κ3) is 3.19. The largest absolute Gasteiger partial charge is 0.437 e. The summed E-state index contributed by atoms with van der Waals surface area (Å²) in [7, 11) is 3.77. The Balaban J connectivity index is 2.73. The van der Waals surface area contributed by atoms with Crippen molar-refractivity contribution in [1.82, 2.24) is 0 Å². The van der Waals surface area contributed by atoms with Gasteiger partial charge in [-0.05, 0) is 6.92 Å². The molecule has 0 amide bonds. The zero-order chi connectivity index (χ0) is 12.1. The lowest BCUT2D eigenvalue weighted by atomic mass is 10.1. The van der Waals surface area contributed by atoms with Gasteiger partial charge in [0.2, 0.25) is 5.78 Å². The molecule has 1 aromatic rings. The highest BCUT2D eigenvalue weighted by molar-refractivity contribution is 6.00. The molecule has 0 saturated heterocycles. The van der Waals surface area contributed by atoms with Crippen molar-refractivity contribution in [1.29, 1.82) is 0 Å². The van der Waals surface area contributed by atoms with Gasteiger partial charge >= 0.3 is 5.90 Å². The molecular weight excluding hydrogens is 202 g/mol. The zero-order valence-corrected chi connectivity index (χ0v) is 10.2. The molecule has 0 aliphatic rings. The van der Waals surface area contributed by atoms with E-state index in [9.17, 15) is 4.79 Å². The van der Waals surface area contributed by atoms with Crippen LogP contribution in [-0.4, -0.2) is 36.5 Å². The minimum atomic E-state index is -0.454. The number of benzene rings is 1.